The Hall–Kier alpha value is -1.92. The van der Waals surface area contributed by atoms with Crippen LogP contribution >= 0.6 is 22.9 Å². The van der Waals surface area contributed by atoms with Crippen LogP contribution in [0.25, 0.3) is 0 Å². The number of nitrogens with one attached hydrogen (secondary N) is 1. The molecule has 0 aliphatic rings. The molecule has 1 N–H and O–H groups in total. The van der Waals surface area contributed by atoms with E-state index in [1.54, 1.807) is 30.5 Å². The summed E-state index contributed by atoms with van der Waals surface area (Å²) in [6, 6.07) is 6.65. The number of anilines is 1. The highest BCUT2D eigenvalue weighted by Gasteiger charge is 2.18. The number of hydrogen-bond acceptors (Lipinski definition) is 4. The summed E-state index contributed by atoms with van der Waals surface area (Å²) in [4.78, 5) is 31.3. The first-order chi connectivity index (χ1) is 11.0. The zero-order valence-corrected chi connectivity index (χ0v) is 14.6. The van der Waals surface area contributed by atoms with Crippen LogP contribution in [0, 0.1) is 6.92 Å². The second-order valence-corrected chi connectivity index (χ2v) is 6.73. The fraction of sp³-hybridized carbons (Fsp3) is 0.312. The van der Waals surface area contributed by atoms with Gasteiger partial charge in [-0.3, -0.25) is 9.59 Å². The summed E-state index contributed by atoms with van der Waals surface area (Å²) in [7, 11) is 0. The lowest BCUT2D eigenvalue weighted by Gasteiger charge is -2.21. The Morgan fingerprint density at radius 3 is 2.57 bits per heavy atom. The minimum absolute atomic E-state index is 0.00602. The minimum Gasteiger partial charge on any atom is -0.329 e. The van der Waals surface area contributed by atoms with Crippen LogP contribution in [0.4, 0.5) is 5.13 Å². The van der Waals surface area contributed by atoms with E-state index in [9.17, 15) is 9.59 Å². The number of benzene rings is 1. The first kappa shape index (κ1) is 17.4. The topological polar surface area (TPSA) is 62.3 Å². The smallest absolute Gasteiger partial charge is 0.254 e. The standard InChI is InChI=1S/C16H18ClN3O2S/c1-3-8-20(15(22)12-4-6-13(17)7-5-12)10-14(21)19-16-18-9-11(2)23-16/h4-7,9H,3,8,10H2,1-2H3,(H,18,19,21). The summed E-state index contributed by atoms with van der Waals surface area (Å²) in [5.41, 5.74) is 0.515. The van der Waals surface area contributed by atoms with E-state index in [1.165, 1.54) is 16.2 Å². The first-order valence-electron chi connectivity index (χ1n) is 7.26. The van der Waals surface area contributed by atoms with Crippen LogP contribution < -0.4 is 5.32 Å². The molecule has 2 aromatic rings. The number of amides is 2. The van der Waals surface area contributed by atoms with Gasteiger partial charge in [-0.1, -0.05) is 18.5 Å². The Morgan fingerprint density at radius 2 is 2.00 bits per heavy atom. The van der Waals surface area contributed by atoms with Crippen molar-refractivity contribution in [2.75, 3.05) is 18.4 Å². The molecular formula is C16H18ClN3O2S. The highest BCUT2D eigenvalue weighted by Crippen LogP contribution is 2.17. The molecule has 0 saturated heterocycles. The maximum Gasteiger partial charge on any atom is 0.254 e. The van der Waals surface area contributed by atoms with E-state index in [0.717, 1.165) is 11.3 Å². The molecule has 7 heteroatoms. The highest BCUT2D eigenvalue weighted by atomic mass is 35.5. The van der Waals surface area contributed by atoms with Crippen LogP contribution in [0.1, 0.15) is 28.6 Å². The maximum absolute atomic E-state index is 12.5. The van der Waals surface area contributed by atoms with Crippen LogP contribution in [0.2, 0.25) is 5.02 Å². The highest BCUT2D eigenvalue weighted by molar-refractivity contribution is 7.15. The zero-order valence-electron chi connectivity index (χ0n) is 13.0. The molecule has 0 bridgehead atoms. The van der Waals surface area contributed by atoms with Crippen molar-refractivity contribution in [1.82, 2.24) is 9.88 Å². The number of nitrogens with zero attached hydrogens (tertiary/aromatic N) is 2. The average molecular weight is 352 g/mol. The van der Waals surface area contributed by atoms with E-state index in [-0.39, 0.29) is 18.4 Å². The Kier molecular flexibility index (Phi) is 6.12. The number of hydrogen-bond donors (Lipinski definition) is 1. The predicted octanol–water partition coefficient (Wildman–Crippen LogP) is 3.60. The summed E-state index contributed by atoms with van der Waals surface area (Å²) in [6.07, 6.45) is 2.46. The third-order valence-corrected chi connectivity index (χ3v) is 4.15. The van der Waals surface area contributed by atoms with Crippen molar-refractivity contribution in [1.29, 1.82) is 0 Å². The normalized spacial score (nSPS) is 10.4. The van der Waals surface area contributed by atoms with Gasteiger partial charge in [0.2, 0.25) is 5.91 Å². The second kappa shape index (κ2) is 8.08. The Bertz CT molecular complexity index is 685. The molecule has 1 aromatic heterocycles. The molecule has 23 heavy (non-hydrogen) atoms. The van der Waals surface area contributed by atoms with E-state index in [2.05, 4.69) is 10.3 Å². The number of halogens is 1. The monoisotopic (exact) mass is 351 g/mol. The fourth-order valence-corrected chi connectivity index (χ4v) is 2.85. The molecule has 2 amide bonds. The van der Waals surface area contributed by atoms with Gasteiger partial charge in [0, 0.05) is 28.2 Å². The largest absolute Gasteiger partial charge is 0.329 e. The Morgan fingerprint density at radius 1 is 1.30 bits per heavy atom. The molecule has 0 atom stereocenters. The summed E-state index contributed by atoms with van der Waals surface area (Å²) < 4.78 is 0. The maximum atomic E-state index is 12.5. The van der Waals surface area contributed by atoms with E-state index in [1.807, 2.05) is 13.8 Å². The van der Waals surface area contributed by atoms with E-state index in [4.69, 9.17) is 11.6 Å². The van der Waals surface area contributed by atoms with E-state index < -0.39 is 0 Å². The van der Waals surface area contributed by atoms with Crippen molar-refractivity contribution in [3.63, 3.8) is 0 Å². The lowest BCUT2D eigenvalue weighted by molar-refractivity contribution is -0.116. The van der Waals surface area contributed by atoms with Crippen LogP contribution in [-0.2, 0) is 4.79 Å². The summed E-state index contributed by atoms with van der Waals surface area (Å²) in [5, 5.41) is 3.83. The van der Waals surface area contributed by atoms with Gasteiger partial charge in [0.05, 0.1) is 0 Å². The Labute approximate surface area is 144 Å². The Balaban J connectivity index is 2.03. The summed E-state index contributed by atoms with van der Waals surface area (Å²) >= 11 is 7.24. The third-order valence-electron chi connectivity index (χ3n) is 3.07. The van der Waals surface area contributed by atoms with Gasteiger partial charge in [-0.15, -0.1) is 11.3 Å². The number of rotatable bonds is 6. The fourth-order valence-electron chi connectivity index (χ4n) is 2.04. The lowest BCUT2D eigenvalue weighted by atomic mass is 10.2. The van der Waals surface area contributed by atoms with Gasteiger partial charge in [-0.2, -0.15) is 0 Å². The van der Waals surface area contributed by atoms with Crippen LogP contribution in [0.5, 0.6) is 0 Å². The molecule has 0 aliphatic carbocycles. The van der Waals surface area contributed by atoms with Crippen molar-refractivity contribution in [2.24, 2.45) is 0 Å². The number of aryl methyl sites for hydroxylation is 1. The molecule has 5 nitrogen and oxygen atoms in total. The molecular weight excluding hydrogens is 334 g/mol. The molecule has 0 unspecified atom stereocenters. The van der Waals surface area contributed by atoms with Crippen LogP contribution in [0.15, 0.2) is 30.5 Å². The van der Waals surface area contributed by atoms with Gasteiger partial charge < -0.3 is 10.2 Å². The van der Waals surface area contributed by atoms with Gasteiger partial charge in [0.1, 0.15) is 6.54 Å². The van der Waals surface area contributed by atoms with Crippen molar-refractivity contribution in [2.45, 2.75) is 20.3 Å². The minimum atomic E-state index is -0.255. The SMILES string of the molecule is CCCN(CC(=O)Nc1ncc(C)s1)C(=O)c1ccc(Cl)cc1. The zero-order chi connectivity index (χ0) is 16.8. The van der Waals surface area contributed by atoms with Gasteiger partial charge in [0.25, 0.3) is 5.91 Å². The quantitative estimate of drug-likeness (QED) is 0.865. The van der Waals surface area contributed by atoms with Crippen molar-refractivity contribution in [3.05, 3.63) is 45.9 Å². The average Bonchev–Trinajstić information content (AvgIpc) is 2.92. The van der Waals surface area contributed by atoms with Crippen molar-refractivity contribution >= 4 is 39.9 Å². The predicted molar refractivity (Wildman–Crippen MR) is 93.1 cm³/mol. The third kappa shape index (κ3) is 5.04. The van der Waals surface area contributed by atoms with Gasteiger partial charge >= 0.3 is 0 Å². The molecule has 1 aromatic carbocycles. The molecule has 2 rings (SSSR count). The van der Waals surface area contributed by atoms with E-state index in [0.29, 0.717) is 22.3 Å². The molecule has 0 saturated carbocycles. The molecule has 0 aliphatic heterocycles. The summed E-state index contributed by atoms with van der Waals surface area (Å²) in [5.74, 6) is -0.441. The van der Waals surface area contributed by atoms with Crippen molar-refractivity contribution in [3.8, 4) is 0 Å². The molecule has 0 spiro atoms. The molecule has 0 fully saturated rings. The summed E-state index contributed by atoms with van der Waals surface area (Å²) in [6.45, 7) is 4.38. The first-order valence-corrected chi connectivity index (χ1v) is 8.46. The van der Waals surface area contributed by atoms with Gasteiger partial charge in [0.15, 0.2) is 5.13 Å². The van der Waals surface area contributed by atoms with Crippen LogP contribution in [-0.4, -0.2) is 34.8 Å². The van der Waals surface area contributed by atoms with Gasteiger partial charge in [-0.25, -0.2) is 4.98 Å². The van der Waals surface area contributed by atoms with Crippen LogP contribution in [0.3, 0.4) is 0 Å². The number of thiazole rings is 1. The van der Waals surface area contributed by atoms with Gasteiger partial charge in [-0.05, 0) is 37.6 Å². The van der Waals surface area contributed by atoms with E-state index >= 15 is 0 Å². The number of carbonyl (C=O) groups is 2. The van der Waals surface area contributed by atoms with Crippen molar-refractivity contribution < 1.29 is 9.59 Å². The lowest BCUT2D eigenvalue weighted by Crippen LogP contribution is -2.38. The molecule has 1 heterocycles. The number of carbonyl (C=O) groups excluding carboxylic acids is 2. The number of aromatic nitrogens is 1. The molecule has 122 valence electrons. The molecule has 0 radical (unpaired) electrons. The second-order valence-electron chi connectivity index (χ2n) is 5.06.